The third-order valence-electron chi connectivity index (χ3n) is 3.79. The first-order chi connectivity index (χ1) is 8.12. The lowest BCUT2D eigenvalue weighted by Gasteiger charge is -2.39. The maximum absolute atomic E-state index is 3.72. The van der Waals surface area contributed by atoms with Crippen molar-refractivity contribution in [3.8, 4) is 0 Å². The van der Waals surface area contributed by atoms with Gasteiger partial charge in [0.1, 0.15) is 0 Å². The standard InChI is InChI=1S/C15H23NS/c1-4-12-6-5-7-13(10-12)16-14-11-17-9-8-15(14,2)3/h5-7,10,14,16H,4,8-9,11H2,1-3H3. The molecule has 0 amide bonds. The fourth-order valence-electron chi connectivity index (χ4n) is 2.26. The molecule has 1 N–H and O–H groups in total. The molecule has 1 nitrogen and oxygen atoms in total. The molecule has 0 bridgehead atoms. The van der Waals surface area contributed by atoms with Crippen LogP contribution in [0.25, 0.3) is 0 Å². The number of hydrogen-bond acceptors (Lipinski definition) is 2. The molecule has 0 aromatic heterocycles. The minimum atomic E-state index is 0.410. The van der Waals surface area contributed by atoms with Crippen LogP contribution in [0.1, 0.15) is 32.8 Å². The normalized spacial score (nSPS) is 23.4. The maximum atomic E-state index is 3.72. The van der Waals surface area contributed by atoms with Crippen LogP contribution in [-0.4, -0.2) is 17.5 Å². The smallest absolute Gasteiger partial charge is 0.0403 e. The van der Waals surface area contributed by atoms with E-state index in [1.807, 2.05) is 0 Å². The molecule has 2 rings (SSSR count). The number of anilines is 1. The zero-order chi connectivity index (χ0) is 12.3. The van der Waals surface area contributed by atoms with Gasteiger partial charge < -0.3 is 5.32 Å². The molecular formula is C15H23NS. The number of aryl methyl sites for hydroxylation is 1. The maximum Gasteiger partial charge on any atom is 0.0403 e. The minimum Gasteiger partial charge on any atom is -0.381 e. The van der Waals surface area contributed by atoms with Gasteiger partial charge >= 0.3 is 0 Å². The summed E-state index contributed by atoms with van der Waals surface area (Å²) in [6.45, 7) is 6.97. The van der Waals surface area contributed by atoms with Crippen molar-refractivity contribution >= 4 is 17.4 Å². The second kappa shape index (κ2) is 5.34. The van der Waals surface area contributed by atoms with Gasteiger partial charge in [-0.1, -0.05) is 32.9 Å². The van der Waals surface area contributed by atoms with Gasteiger partial charge in [0.25, 0.3) is 0 Å². The van der Waals surface area contributed by atoms with Crippen LogP contribution < -0.4 is 5.32 Å². The third-order valence-corrected chi connectivity index (χ3v) is 4.86. The Morgan fingerprint density at radius 1 is 1.41 bits per heavy atom. The number of rotatable bonds is 3. The molecule has 1 fully saturated rings. The van der Waals surface area contributed by atoms with E-state index in [1.54, 1.807) is 0 Å². The molecule has 0 radical (unpaired) electrons. The fourth-order valence-corrected chi connectivity index (χ4v) is 3.86. The predicted octanol–water partition coefficient (Wildman–Crippen LogP) is 4.19. The monoisotopic (exact) mass is 249 g/mol. The number of thioether (sulfide) groups is 1. The summed E-state index contributed by atoms with van der Waals surface area (Å²) in [5, 5.41) is 3.72. The lowest BCUT2D eigenvalue weighted by Crippen LogP contribution is -2.41. The highest BCUT2D eigenvalue weighted by Gasteiger charge is 2.32. The average molecular weight is 249 g/mol. The highest BCUT2D eigenvalue weighted by Crippen LogP contribution is 2.36. The molecule has 0 aliphatic carbocycles. The molecule has 1 aliphatic rings. The average Bonchev–Trinajstić information content (AvgIpc) is 2.32. The first-order valence-electron chi connectivity index (χ1n) is 6.55. The van der Waals surface area contributed by atoms with Gasteiger partial charge in [-0.25, -0.2) is 0 Å². The molecule has 94 valence electrons. The molecule has 0 saturated carbocycles. The van der Waals surface area contributed by atoms with Crippen molar-refractivity contribution in [1.29, 1.82) is 0 Å². The molecule has 1 aromatic carbocycles. The van der Waals surface area contributed by atoms with Crippen LogP contribution in [0.2, 0.25) is 0 Å². The van der Waals surface area contributed by atoms with Crippen molar-refractivity contribution < 1.29 is 0 Å². The summed E-state index contributed by atoms with van der Waals surface area (Å²) in [6, 6.07) is 9.42. The molecule has 1 unspecified atom stereocenters. The number of benzene rings is 1. The van der Waals surface area contributed by atoms with Gasteiger partial charge in [-0.3, -0.25) is 0 Å². The molecule has 1 heterocycles. The van der Waals surface area contributed by atoms with Gasteiger partial charge in [0.15, 0.2) is 0 Å². The van der Waals surface area contributed by atoms with Crippen molar-refractivity contribution in [1.82, 2.24) is 0 Å². The predicted molar refractivity (Wildman–Crippen MR) is 79.0 cm³/mol. The van der Waals surface area contributed by atoms with Crippen molar-refractivity contribution in [3.63, 3.8) is 0 Å². The molecule has 1 atom stereocenters. The van der Waals surface area contributed by atoms with Crippen molar-refractivity contribution in [2.45, 2.75) is 39.7 Å². The molecule has 2 heteroatoms. The topological polar surface area (TPSA) is 12.0 Å². The van der Waals surface area contributed by atoms with Crippen molar-refractivity contribution in [2.24, 2.45) is 5.41 Å². The van der Waals surface area contributed by atoms with Crippen LogP contribution >= 0.6 is 11.8 Å². The van der Waals surface area contributed by atoms with Crippen molar-refractivity contribution in [3.05, 3.63) is 29.8 Å². The van der Waals surface area contributed by atoms with E-state index in [9.17, 15) is 0 Å². The second-order valence-corrected chi connectivity index (χ2v) is 6.71. The van der Waals surface area contributed by atoms with E-state index in [2.05, 4.69) is 62.1 Å². The summed E-state index contributed by atoms with van der Waals surface area (Å²) in [6.07, 6.45) is 2.42. The third kappa shape index (κ3) is 3.19. The summed E-state index contributed by atoms with van der Waals surface area (Å²) < 4.78 is 0. The van der Waals surface area contributed by atoms with E-state index in [0.717, 1.165) is 6.42 Å². The minimum absolute atomic E-state index is 0.410. The Morgan fingerprint density at radius 2 is 2.24 bits per heavy atom. The lowest BCUT2D eigenvalue weighted by atomic mass is 9.82. The Kier molecular flexibility index (Phi) is 4.03. The lowest BCUT2D eigenvalue weighted by molar-refractivity contribution is 0.305. The first-order valence-corrected chi connectivity index (χ1v) is 7.70. The molecular weight excluding hydrogens is 226 g/mol. The highest BCUT2D eigenvalue weighted by atomic mass is 32.2. The van der Waals surface area contributed by atoms with Crippen LogP contribution in [-0.2, 0) is 6.42 Å². The summed E-state index contributed by atoms with van der Waals surface area (Å²) in [5.74, 6) is 2.53. The van der Waals surface area contributed by atoms with E-state index in [-0.39, 0.29) is 0 Å². The molecule has 1 aromatic rings. The Hall–Kier alpha value is -0.630. The zero-order valence-electron chi connectivity index (χ0n) is 11.1. The Bertz CT molecular complexity index is 373. The quantitative estimate of drug-likeness (QED) is 0.862. The van der Waals surface area contributed by atoms with Crippen LogP contribution in [0.5, 0.6) is 0 Å². The van der Waals surface area contributed by atoms with Gasteiger partial charge in [-0.05, 0) is 41.7 Å². The number of nitrogens with one attached hydrogen (secondary N) is 1. The number of hydrogen-bond donors (Lipinski definition) is 1. The zero-order valence-corrected chi connectivity index (χ0v) is 11.9. The van der Waals surface area contributed by atoms with E-state index in [0.29, 0.717) is 11.5 Å². The van der Waals surface area contributed by atoms with Gasteiger partial charge in [0.05, 0.1) is 0 Å². The Balaban J connectivity index is 2.08. The van der Waals surface area contributed by atoms with E-state index < -0.39 is 0 Å². The summed E-state index contributed by atoms with van der Waals surface area (Å²) in [7, 11) is 0. The van der Waals surface area contributed by atoms with Crippen LogP contribution in [0.4, 0.5) is 5.69 Å². The van der Waals surface area contributed by atoms with Crippen LogP contribution in [0.3, 0.4) is 0 Å². The molecule has 17 heavy (non-hydrogen) atoms. The summed E-state index contributed by atoms with van der Waals surface area (Å²) in [5.41, 5.74) is 3.11. The Labute approximate surface area is 109 Å². The van der Waals surface area contributed by atoms with Crippen LogP contribution in [0, 0.1) is 5.41 Å². The van der Waals surface area contributed by atoms with Gasteiger partial charge in [0, 0.05) is 17.5 Å². The Morgan fingerprint density at radius 3 is 2.94 bits per heavy atom. The van der Waals surface area contributed by atoms with Gasteiger partial charge in [-0.2, -0.15) is 11.8 Å². The molecule has 1 aliphatic heterocycles. The largest absolute Gasteiger partial charge is 0.381 e. The highest BCUT2D eigenvalue weighted by molar-refractivity contribution is 7.99. The molecule has 0 spiro atoms. The van der Waals surface area contributed by atoms with E-state index in [4.69, 9.17) is 0 Å². The first kappa shape index (κ1) is 12.8. The van der Waals surface area contributed by atoms with E-state index in [1.165, 1.54) is 29.2 Å². The van der Waals surface area contributed by atoms with E-state index >= 15 is 0 Å². The molecule has 1 saturated heterocycles. The van der Waals surface area contributed by atoms with Crippen LogP contribution in [0.15, 0.2) is 24.3 Å². The SMILES string of the molecule is CCc1cccc(NC2CSCCC2(C)C)c1. The van der Waals surface area contributed by atoms with Gasteiger partial charge in [0.2, 0.25) is 0 Å². The van der Waals surface area contributed by atoms with Gasteiger partial charge in [-0.15, -0.1) is 0 Å². The summed E-state index contributed by atoms with van der Waals surface area (Å²) >= 11 is 2.07. The fraction of sp³-hybridized carbons (Fsp3) is 0.600. The van der Waals surface area contributed by atoms with Crippen molar-refractivity contribution in [2.75, 3.05) is 16.8 Å². The summed E-state index contributed by atoms with van der Waals surface area (Å²) in [4.78, 5) is 0. The second-order valence-electron chi connectivity index (χ2n) is 5.56.